The van der Waals surface area contributed by atoms with Crippen molar-refractivity contribution < 1.29 is 5.11 Å². The Kier molecular flexibility index (Phi) is 1.74. The Morgan fingerprint density at radius 2 is 2.30 bits per heavy atom. The highest BCUT2D eigenvalue weighted by Crippen LogP contribution is 2.21. The quantitative estimate of drug-likeness (QED) is 0.613. The van der Waals surface area contributed by atoms with Gasteiger partial charge in [0.05, 0.1) is 11.2 Å². The van der Waals surface area contributed by atoms with Crippen molar-refractivity contribution in [2.45, 2.75) is 0 Å². The summed E-state index contributed by atoms with van der Waals surface area (Å²) in [6.07, 6.45) is 2.48. The van der Waals surface area contributed by atoms with Crippen molar-refractivity contribution in [1.82, 2.24) is 4.98 Å². The van der Waals surface area contributed by atoms with E-state index >= 15 is 0 Å². The lowest BCUT2D eigenvalue weighted by molar-refractivity contribution is 0.471. The largest absolute Gasteiger partial charge is 0.505 e. The van der Waals surface area contributed by atoms with Crippen LogP contribution in [0.25, 0.3) is 0 Å². The molecule has 1 heterocycles. The number of pyridine rings is 1. The summed E-state index contributed by atoms with van der Waals surface area (Å²) in [4.78, 5) is 3.56. The van der Waals surface area contributed by atoms with Crippen molar-refractivity contribution in [3.05, 3.63) is 23.0 Å². The number of aromatic hydroxyl groups is 1. The van der Waals surface area contributed by atoms with Gasteiger partial charge in [0.1, 0.15) is 11.6 Å². The van der Waals surface area contributed by atoms with Crippen LogP contribution in [0.15, 0.2) is 12.4 Å². The molecule has 0 saturated heterocycles. The summed E-state index contributed by atoms with van der Waals surface area (Å²) >= 11 is 5.48. The van der Waals surface area contributed by atoms with E-state index in [2.05, 4.69) is 4.98 Å². The summed E-state index contributed by atoms with van der Waals surface area (Å²) in [5, 5.41) is 17.5. The summed E-state index contributed by atoms with van der Waals surface area (Å²) < 4.78 is 0. The highest BCUT2D eigenvalue weighted by molar-refractivity contribution is 6.31. The van der Waals surface area contributed by atoms with Crippen LogP contribution >= 0.6 is 11.6 Å². The molecule has 4 heteroatoms. The summed E-state index contributed by atoms with van der Waals surface area (Å²) in [5.74, 6) is -0.185. The Bertz CT molecular complexity index is 272. The first kappa shape index (κ1) is 6.84. The lowest BCUT2D eigenvalue weighted by Crippen LogP contribution is -1.79. The van der Waals surface area contributed by atoms with Crippen molar-refractivity contribution in [2.75, 3.05) is 0 Å². The zero-order chi connectivity index (χ0) is 7.56. The summed E-state index contributed by atoms with van der Waals surface area (Å²) in [5.41, 5.74) is 0.0664. The molecular formula is C6H3ClN2O. The van der Waals surface area contributed by atoms with Gasteiger partial charge in [0.25, 0.3) is 0 Å². The van der Waals surface area contributed by atoms with Crippen molar-refractivity contribution in [3.8, 4) is 11.8 Å². The molecule has 0 aliphatic carbocycles. The molecule has 0 aliphatic heterocycles. The Morgan fingerprint density at radius 3 is 2.70 bits per heavy atom. The van der Waals surface area contributed by atoms with Gasteiger partial charge in [-0.2, -0.15) is 5.26 Å². The molecule has 0 atom stereocenters. The van der Waals surface area contributed by atoms with Crippen molar-refractivity contribution in [1.29, 1.82) is 5.26 Å². The van der Waals surface area contributed by atoms with Crippen LogP contribution < -0.4 is 0 Å². The third-order valence-corrected chi connectivity index (χ3v) is 1.28. The second-order valence-electron chi connectivity index (χ2n) is 1.63. The second kappa shape index (κ2) is 2.54. The molecule has 10 heavy (non-hydrogen) atoms. The van der Waals surface area contributed by atoms with E-state index in [-0.39, 0.29) is 16.3 Å². The first-order valence-electron chi connectivity index (χ1n) is 2.48. The van der Waals surface area contributed by atoms with Gasteiger partial charge >= 0.3 is 0 Å². The monoisotopic (exact) mass is 154 g/mol. The molecule has 0 spiro atoms. The molecule has 0 bridgehead atoms. The maximum Gasteiger partial charge on any atom is 0.153 e. The predicted octanol–water partition coefficient (Wildman–Crippen LogP) is 1.31. The molecule has 1 aromatic rings. The third-order valence-electron chi connectivity index (χ3n) is 0.991. The van der Waals surface area contributed by atoms with Crippen LogP contribution in [0, 0.1) is 11.3 Å². The third kappa shape index (κ3) is 1.02. The Labute approximate surface area is 62.5 Å². The van der Waals surface area contributed by atoms with Gasteiger partial charge in [-0.1, -0.05) is 11.6 Å². The van der Waals surface area contributed by atoms with E-state index in [1.807, 2.05) is 0 Å². The van der Waals surface area contributed by atoms with Gasteiger partial charge in [-0.15, -0.1) is 0 Å². The van der Waals surface area contributed by atoms with Crippen LogP contribution in [0.3, 0.4) is 0 Å². The van der Waals surface area contributed by atoms with Crippen molar-refractivity contribution in [2.24, 2.45) is 0 Å². The maximum atomic E-state index is 8.92. The molecular weight excluding hydrogens is 152 g/mol. The fourth-order valence-electron chi connectivity index (χ4n) is 0.535. The molecule has 1 N–H and O–H groups in total. The smallest absolute Gasteiger partial charge is 0.153 e. The van der Waals surface area contributed by atoms with Gasteiger partial charge in [0, 0.05) is 6.20 Å². The van der Waals surface area contributed by atoms with Gasteiger partial charge in [0.2, 0.25) is 0 Å². The summed E-state index contributed by atoms with van der Waals surface area (Å²) in [6.45, 7) is 0. The van der Waals surface area contributed by atoms with Crippen molar-refractivity contribution >= 4 is 11.6 Å². The highest BCUT2D eigenvalue weighted by atomic mass is 35.5. The average Bonchev–Trinajstić information content (AvgIpc) is 1.88. The van der Waals surface area contributed by atoms with E-state index in [4.69, 9.17) is 22.0 Å². The minimum Gasteiger partial charge on any atom is -0.505 e. The molecule has 0 saturated carbocycles. The molecule has 0 radical (unpaired) electrons. The summed E-state index contributed by atoms with van der Waals surface area (Å²) in [7, 11) is 0. The molecule has 0 unspecified atom stereocenters. The van der Waals surface area contributed by atoms with Gasteiger partial charge in [0.15, 0.2) is 5.75 Å². The number of hydrogen-bond acceptors (Lipinski definition) is 3. The van der Waals surface area contributed by atoms with Crippen LogP contribution in [-0.2, 0) is 0 Å². The highest BCUT2D eigenvalue weighted by Gasteiger charge is 2.03. The average molecular weight is 155 g/mol. The molecule has 1 rings (SSSR count). The molecule has 1 aromatic heterocycles. The zero-order valence-electron chi connectivity index (χ0n) is 4.87. The minimum atomic E-state index is -0.185. The Balaban J connectivity index is 3.34. The van der Waals surface area contributed by atoms with E-state index in [1.165, 1.54) is 12.4 Å². The fraction of sp³-hybridized carbons (Fsp3) is 0. The van der Waals surface area contributed by atoms with E-state index in [9.17, 15) is 0 Å². The fourth-order valence-corrected chi connectivity index (χ4v) is 0.731. The van der Waals surface area contributed by atoms with Crippen LogP contribution in [0.4, 0.5) is 0 Å². The van der Waals surface area contributed by atoms with E-state index in [0.29, 0.717) is 0 Å². The Morgan fingerprint density at radius 1 is 1.60 bits per heavy atom. The first-order valence-corrected chi connectivity index (χ1v) is 2.86. The SMILES string of the molecule is N#Cc1c(O)cncc1Cl. The zero-order valence-corrected chi connectivity index (χ0v) is 5.63. The number of nitrogens with zero attached hydrogens (tertiary/aromatic N) is 2. The van der Waals surface area contributed by atoms with Crippen LogP contribution in [0.2, 0.25) is 5.02 Å². The lowest BCUT2D eigenvalue weighted by Gasteiger charge is -1.94. The van der Waals surface area contributed by atoms with Crippen LogP contribution in [0.5, 0.6) is 5.75 Å². The molecule has 0 aromatic carbocycles. The Hall–Kier alpha value is -1.27. The van der Waals surface area contributed by atoms with Crippen LogP contribution in [-0.4, -0.2) is 10.1 Å². The number of halogens is 1. The molecule has 0 fully saturated rings. The number of nitriles is 1. The number of hydrogen-bond donors (Lipinski definition) is 1. The molecule has 0 amide bonds. The molecule has 0 aliphatic rings. The topological polar surface area (TPSA) is 56.9 Å². The summed E-state index contributed by atoms with van der Waals surface area (Å²) in [6, 6.07) is 1.74. The number of rotatable bonds is 0. The standard InChI is InChI=1S/C6H3ClN2O/c7-5-2-9-3-6(10)4(5)1-8/h2-3,10H. The maximum absolute atomic E-state index is 8.92. The van der Waals surface area contributed by atoms with E-state index in [1.54, 1.807) is 6.07 Å². The second-order valence-corrected chi connectivity index (χ2v) is 2.03. The van der Waals surface area contributed by atoms with E-state index in [0.717, 1.165) is 0 Å². The van der Waals surface area contributed by atoms with E-state index < -0.39 is 0 Å². The van der Waals surface area contributed by atoms with Gasteiger partial charge in [-0.05, 0) is 0 Å². The first-order chi connectivity index (χ1) is 4.75. The predicted molar refractivity (Wildman–Crippen MR) is 35.6 cm³/mol. The lowest BCUT2D eigenvalue weighted by atomic mass is 10.3. The van der Waals surface area contributed by atoms with Crippen LogP contribution in [0.1, 0.15) is 5.56 Å². The van der Waals surface area contributed by atoms with Gasteiger partial charge in [-0.3, -0.25) is 4.98 Å². The van der Waals surface area contributed by atoms with Crippen molar-refractivity contribution in [3.63, 3.8) is 0 Å². The van der Waals surface area contributed by atoms with Gasteiger partial charge < -0.3 is 5.11 Å². The molecule has 3 nitrogen and oxygen atoms in total. The number of aromatic nitrogens is 1. The van der Waals surface area contributed by atoms with Gasteiger partial charge in [-0.25, -0.2) is 0 Å². The molecule has 50 valence electrons. The minimum absolute atomic E-state index is 0.0664. The normalized spacial score (nSPS) is 8.80.